The van der Waals surface area contributed by atoms with Crippen molar-refractivity contribution < 1.29 is 18.3 Å². The van der Waals surface area contributed by atoms with Crippen molar-refractivity contribution in [1.82, 2.24) is 14.9 Å². The molecule has 1 heterocycles. The molecule has 33 heavy (non-hydrogen) atoms. The fraction of sp³-hybridized carbons (Fsp3) is 0.680. The molecule has 1 aliphatic carbocycles. The van der Waals surface area contributed by atoms with Crippen LogP contribution in [-0.2, 0) is 28.5 Å². The third-order valence-electron chi connectivity index (χ3n) is 6.85. The smallest absolute Gasteiger partial charge is 0.407 e. The van der Waals surface area contributed by atoms with Gasteiger partial charge in [-0.3, -0.25) is 0 Å². The van der Waals surface area contributed by atoms with Gasteiger partial charge >= 0.3 is 6.09 Å². The molecule has 1 aromatic heterocycles. The Labute approximate surface area is 198 Å². The highest BCUT2D eigenvalue weighted by Gasteiger charge is 2.38. The van der Waals surface area contributed by atoms with Gasteiger partial charge in [0.2, 0.25) is 0 Å². The van der Waals surface area contributed by atoms with Crippen molar-refractivity contribution in [2.75, 3.05) is 13.2 Å². The zero-order valence-corrected chi connectivity index (χ0v) is 22.7. The first-order valence-electron chi connectivity index (χ1n) is 11.9. The lowest BCUT2D eigenvalue weighted by Gasteiger charge is -2.37. The van der Waals surface area contributed by atoms with E-state index < -0.39 is 20.0 Å². The first-order valence-corrected chi connectivity index (χ1v) is 14.8. The Kier molecular flexibility index (Phi) is 7.02. The van der Waals surface area contributed by atoms with Gasteiger partial charge in [-0.2, -0.15) is 0 Å². The third kappa shape index (κ3) is 5.77. The van der Waals surface area contributed by atoms with E-state index in [4.69, 9.17) is 9.16 Å². The van der Waals surface area contributed by atoms with Crippen molar-refractivity contribution in [1.29, 1.82) is 0 Å². The quantitative estimate of drug-likeness (QED) is 0.539. The molecular weight excluding hydrogens is 437 g/mol. The molecule has 6 nitrogen and oxygen atoms in total. The topological polar surface area (TPSA) is 65.4 Å². The fourth-order valence-corrected chi connectivity index (χ4v) is 5.13. The summed E-state index contributed by atoms with van der Waals surface area (Å²) >= 11 is 0. The summed E-state index contributed by atoms with van der Waals surface area (Å²) in [6, 6.07) is 2.03. The van der Waals surface area contributed by atoms with E-state index in [1.54, 1.807) is 0 Å². The second-order valence-electron chi connectivity index (χ2n) is 11.8. The van der Waals surface area contributed by atoms with Gasteiger partial charge in [0, 0.05) is 19.7 Å². The number of rotatable bonds is 6. The van der Waals surface area contributed by atoms with E-state index >= 15 is 4.39 Å². The monoisotopic (exact) mass is 477 g/mol. The van der Waals surface area contributed by atoms with E-state index in [0.29, 0.717) is 43.1 Å². The number of imidazole rings is 1. The fourth-order valence-electron chi connectivity index (χ4n) is 4.05. The molecule has 3 rings (SSSR count). The van der Waals surface area contributed by atoms with E-state index in [0.717, 1.165) is 23.4 Å². The number of nitrogens with zero attached hydrogens (tertiary/aromatic N) is 2. The van der Waals surface area contributed by atoms with E-state index in [2.05, 4.69) is 44.2 Å². The number of amides is 1. The molecule has 0 saturated heterocycles. The average molecular weight is 478 g/mol. The third-order valence-corrected chi connectivity index (χ3v) is 11.3. The Bertz CT molecular complexity index is 1030. The number of carbonyl (C=O) groups is 1. The van der Waals surface area contributed by atoms with Crippen LogP contribution in [0.4, 0.5) is 9.18 Å². The average Bonchev–Trinajstić information content (AvgIpc) is 3.19. The minimum atomic E-state index is -1.84. The Morgan fingerprint density at radius 1 is 1.24 bits per heavy atom. The van der Waals surface area contributed by atoms with Gasteiger partial charge in [0.05, 0.1) is 5.52 Å². The van der Waals surface area contributed by atoms with Crippen LogP contribution in [0.25, 0.3) is 11.0 Å². The lowest BCUT2D eigenvalue weighted by atomic mass is 10.1. The predicted molar refractivity (Wildman–Crippen MR) is 133 cm³/mol. The van der Waals surface area contributed by atoms with Gasteiger partial charge in [0.1, 0.15) is 16.9 Å². The van der Waals surface area contributed by atoms with Crippen LogP contribution in [0.15, 0.2) is 6.07 Å². The normalized spacial score (nSPS) is 16.8. The Morgan fingerprint density at radius 2 is 1.91 bits per heavy atom. The molecule has 2 aromatic rings. The largest absolute Gasteiger partial charge is 0.444 e. The van der Waals surface area contributed by atoms with Gasteiger partial charge in [-0.15, -0.1) is 0 Å². The van der Waals surface area contributed by atoms with Crippen LogP contribution < -0.4 is 5.32 Å². The number of ether oxygens (including phenoxy) is 1. The second-order valence-corrected chi connectivity index (χ2v) is 16.6. The lowest BCUT2D eigenvalue weighted by Crippen LogP contribution is -2.42. The molecule has 8 heteroatoms. The Hall–Kier alpha value is -1.93. The molecule has 1 aromatic carbocycles. The van der Waals surface area contributed by atoms with Gasteiger partial charge in [-0.05, 0) is 81.8 Å². The number of alkyl carbamates (subject to hydrolysis) is 1. The molecule has 0 radical (unpaired) electrons. The Morgan fingerprint density at radius 3 is 2.52 bits per heavy atom. The molecule has 184 valence electrons. The summed E-state index contributed by atoms with van der Waals surface area (Å²) in [4.78, 5) is 16.6. The maximum absolute atomic E-state index is 15.7. The number of carbonyl (C=O) groups excluding carboxylic acids is 1. The first-order chi connectivity index (χ1) is 15.1. The van der Waals surface area contributed by atoms with Crippen molar-refractivity contribution in [2.45, 2.75) is 91.6 Å². The number of aryl methyl sites for hydroxylation is 1. The molecule has 1 amide bonds. The van der Waals surface area contributed by atoms with Crippen molar-refractivity contribution in [3.63, 3.8) is 0 Å². The van der Waals surface area contributed by atoms with E-state index in [9.17, 15) is 4.79 Å². The summed E-state index contributed by atoms with van der Waals surface area (Å²) in [5.41, 5.74) is 2.46. The number of hydrogen-bond donors (Lipinski definition) is 1. The minimum absolute atomic E-state index is 0.158. The lowest BCUT2D eigenvalue weighted by molar-refractivity contribution is 0.0526. The predicted octanol–water partition coefficient (Wildman–Crippen LogP) is 5.75. The van der Waals surface area contributed by atoms with Gasteiger partial charge < -0.3 is 19.0 Å². The highest BCUT2D eigenvalue weighted by atomic mass is 28.4. The zero-order valence-electron chi connectivity index (χ0n) is 21.7. The summed E-state index contributed by atoms with van der Waals surface area (Å²) in [6.45, 7) is 20.0. The van der Waals surface area contributed by atoms with Crippen LogP contribution in [-0.4, -0.2) is 42.7 Å². The van der Waals surface area contributed by atoms with Crippen LogP contribution in [0.3, 0.4) is 0 Å². The van der Waals surface area contributed by atoms with Gasteiger partial charge in [-0.25, -0.2) is 14.2 Å². The van der Waals surface area contributed by atoms with Crippen LogP contribution in [0.5, 0.6) is 0 Å². The summed E-state index contributed by atoms with van der Waals surface area (Å²) in [5.74, 6) is 0.838. The van der Waals surface area contributed by atoms with Crippen LogP contribution in [0, 0.1) is 18.7 Å². The Balaban J connectivity index is 1.72. The van der Waals surface area contributed by atoms with Crippen molar-refractivity contribution in [2.24, 2.45) is 5.92 Å². The van der Waals surface area contributed by atoms with Crippen molar-refractivity contribution in [3.8, 4) is 0 Å². The highest BCUT2D eigenvalue weighted by Crippen LogP contribution is 2.39. The molecule has 1 aliphatic rings. The standard InChI is InChI=1S/C25H40FN3O3Si/c1-16-28-20-14-18-12-17(15-31-33(8,9)25(5,6)7)13-19(18)21(26)22(20)29(16)11-10-27-23(30)32-24(2,3)4/h14,17H,10-13,15H2,1-9H3,(H,27,30). The van der Waals surface area contributed by atoms with Crippen LogP contribution in [0.2, 0.25) is 18.1 Å². The number of nitrogens with one attached hydrogen (secondary N) is 1. The number of benzene rings is 1. The first kappa shape index (κ1) is 25.7. The molecular formula is C25H40FN3O3Si. The zero-order chi connectivity index (χ0) is 24.8. The minimum Gasteiger partial charge on any atom is -0.444 e. The SMILES string of the molecule is Cc1nc2cc3c(c(F)c2n1CCNC(=O)OC(C)(C)C)CC(CO[Si](C)(C)C(C)(C)C)C3. The molecule has 0 fully saturated rings. The van der Waals surface area contributed by atoms with E-state index in [-0.39, 0.29) is 10.9 Å². The highest BCUT2D eigenvalue weighted by molar-refractivity contribution is 6.74. The second kappa shape index (κ2) is 9.02. The van der Waals surface area contributed by atoms with Gasteiger partial charge in [0.25, 0.3) is 0 Å². The van der Waals surface area contributed by atoms with Crippen LogP contribution in [0.1, 0.15) is 58.5 Å². The maximum Gasteiger partial charge on any atom is 0.407 e. The summed E-state index contributed by atoms with van der Waals surface area (Å²) in [7, 11) is -1.84. The number of aromatic nitrogens is 2. The summed E-state index contributed by atoms with van der Waals surface area (Å²) in [6.07, 6.45) is 1.03. The van der Waals surface area contributed by atoms with Gasteiger partial charge in [-0.1, -0.05) is 20.8 Å². The van der Waals surface area contributed by atoms with Crippen LogP contribution >= 0.6 is 0 Å². The molecule has 1 atom stereocenters. The summed E-state index contributed by atoms with van der Waals surface area (Å²) < 4.78 is 29.2. The van der Waals surface area contributed by atoms with E-state index in [1.165, 1.54) is 0 Å². The van der Waals surface area contributed by atoms with Crippen molar-refractivity contribution >= 4 is 25.4 Å². The van der Waals surface area contributed by atoms with E-state index in [1.807, 2.05) is 38.3 Å². The number of halogens is 1. The molecule has 0 bridgehead atoms. The molecule has 0 saturated carbocycles. The molecule has 0 spiro atoms. The molecule has 1 unspecified atom stereocenters. The number of fused-ring (bicyclic) bond motifs is 2. The number of hydrogen-bond acceptors (Lipinski definition) is 4. The van der Waals surface area contributed by atoms with Crippen molar-refractivity contribution in [3.05, 3.63) is 28.8 Å². The molecule has 1 N–H and O–H groups in total. The maximum atomic E-state index is 15.7. The van der Waals surface area contributed by atoms with Gasteiger partial charge in [0.15, 0.2) is 14.1 Å². The molecule has 0 aliphatic heterocycles. The summed E-state index contributed by atoms with van der Waals surface area (Å²) in [5, 5.41) is 2.90.